The predicted molar refractivity (Wildman–Crippen MR) is 101 cm³/mol. The first-order valence-electron chi connectivity index (χ1n) is 7.91. The van der Waals surface area contributed by atoms with Crippen molar-refractivity contribution < 1.29 is 22.8 Å². The van der Waals surface area contributed by atoms with Gasteiger partial charge in [0.1, 0.15) is 4.90 Å². The molecule has 0 spiro atoms. The molecule has 0 radical (unpaired) electrons. The Balaban J connectivity index is 1.62. The van der Waals surface area contributed by atoms with Crippen LogP contribution in [0.3, 0.4) is 0 Å². The topological polar surface area (TPSA) is 104 Å². The van der Waals surface area contributed by atoms with Gasteiger partial charge in [-0.05, 0) is 18.6 Å². The van der Waals surface area contributed by atoms with Crippen molar-refractivity contribution in [3.8, 4) is 0 Å². The first kappa shape index (κ1) is 20.4. The molecule has 0 aliphatic carbocycles. The third kappa shape index (κ3) is 4.24. The number of carbonyl (C=O) groups is 3. The van der Waals surface area contributed by atoms with Crippen LogP contribution in [0.4, 0.5) is 4.79 Å². The summed E-state index contributed by atoms with van der Waals surface area (Å²) < 4.78 is 27.0. The van der Waals surface area contributed by atoms with E-state index in [0.29, 0.717) is 13.0 Å². The second-order valence-corrected chi connectivity index (χ2v) is 9.42. The first-order chi connectivity index (χ1) is 12.7. The summed E-state index contributed by atoms with van der Waals surface area (Å²) in [4.78, 5) is 38.2. The van der Waals surface area contributed by atoms with Gasteiger partial charge in [-0.15, -0.1) is 0 Å². The number of amides is 3. The lowest BCUT2D eigenvalue weighted by atomic mass is 10.2. The molecule has 2 aliphatic heterocycles. The average Bonchev–Trinajstić information content (AvgIpc) is 3.19. The fraction of sp³-hybridized carbons (Fsp3) is 0.400. The van der Waals surface area contributed by atoms with Crippen molar-refractivity contribution in [1.82, 2.24) is 14.5 Å². The zero-order valence-electron chi connectivity index (χ0n) is 13.9. The van der Waals surface area contributed by atoms with Gasteiger partial charge in [-0.1, -0.05) is 41.0 Å². The molecule has 3 rings (SSSR count). The third-order valence-corrected chi connectivity index (χ3v) is 7.46. The van der Waals surface area contributed by atoms with E-state index in [9.17, 15) is 22.8 Å². The molecule has 1 aromatic rings. The van der Waals surface area contributed by atoms with E-state index in [1.54, 1.807) is 0 Å². The number of nitrogens with zero attached hydrogens (tertiary/aromatic N) is 2. The number of sulfonamides is 1. The molecule has 2 heterocycles. The van der Waals surface area contributed by atoms with Crippen LogP contribution in [0.2, 0.25) is 10.0 Å². The van der Waals surface area contributed by atoms with Crippen LogP contribution in [0, 0.1) is 0 Å². The number of rotatable bonds is 5. The van der Waals surface area contributed by atoms with E-state index in [4.69, 9.17) is 23.2 Å². The number of hydrogen-bond acceptors (Lipinski definition) is 6. The molecular formula is C15H15Cl2N3O5S2. The average molecular weight is 452 g/mol. The molecule has 1 aromatic carbocycles. The Hall–Kier alpha value is -1.33. The molecule has 146 valence electrons. The van der Waals surface area contributed by atoms with E-state index in [0.717, 1.165) is 11.8 Å². The van der Waals surface area contributed by atoms with Crippen LogP contribution >= 0.6 is 35.0 Å². The number of nitrogens with one attached hydrogen (secondary N) is 1. The SMILES string of the molecule is O=C(CNS(=O)(=O)c1c(Cl)cccc1Cl)N1CCC(N2C(=O)CSC2=O)C1. The molecular weight excluding hydrogens is 437 g/mol. The van der Waals surface area contributed by atoms with Crippen LogP contribution in [0.5, 0.6) is 0 Å². The van der Waals surface area contributed by atoms with Crippen molar-refractivity contribution in [2.75, 3.05) is 25.4 Å². The highest BCUT2D eigenvalue weighted by Crippen LogP contribution is 2.29. The molecule has 1 unspecified atom stereocenters. The fourth-order valence-electron chi connectivity index (χ4n) is 2.98. The van der Waals surface area contributed by atoms with Gasteiger partial charge in [0, 0.05) is 13.1 Å². The monoisotopic (exact) mass is 451 g/mol. The summed E-state index contributed by atoms with van der Waals surface area (Å²) in [6, 6.07) is 3.91. The fourth-order valence-corrected chi connectivity index (χ4v) is 5.87. The molecule has 1 atom stereocenters. The Morgan fingerprint density at radius 1 is 1.26 bits per heavy atom. The van der Waals surface area contributed by atoms with Crippen LogP contribution in [0.15, 0.2) is 23.1 Å². The highest BCUT2D eigenvalue weighted by atomic mass is 35.5. The van der Waals surface area contributed by atoms with Crippen LogP contribution in [0.25, 0.3) is 0 Å². The van der Waals surface area contributed by atoms with Gasteiger partial charge in [-0.2, -0.15) is 0 Å². The summed E-state index contributed by atoms with van der Waals surface area (Å²) in [7, 11) is -4.08. The summed E-state index contributed by atoms with van der Waals surface area (Å²) in [6.07, 6.45) is 0.465. The molecule has 0 aromatic heterocycles. The molecule has 3 amide bonds. The van der Waals surface area contributed by atoms with Crippen molar-refractivity contribution in [2.45, 2.75) is 17.4 Å². The first-order valence-corrected chi connectivity index (χ1v) is 11.1. The number of thioether (sulfide) groups is 1. The predicted octanol–water partition coefficient (Wildman–Crippen LogP) is 1.57. The number of halogens is 2. The van der Waals surface area contributed by atoms with Gasteiger partial charge in [-0.25, -0.2) is 13.1 Å². The van der Waals surface area contributed by atoms with E-state index in [2.05, 4.69) is 4.72 Å². The van der Waals surface area contributed by atoms with Gasteiger partial charge in [-0.3, -0.25) is 19.3 Å². The normalized spacial score (nSPS) is 20.6. The van der Waals surface area contributed by atoms with E-state index in [1.165, 1.54) is 28.0 Å². The van der Waals surface area contributed by atoms with Crippen molar-refractivity contribution in [3.63, 3.8) is 0 Å². The van der Waals surface area contributed by atoms with Crippen LogP contribution in [-0.2, 0) is 19.6 Å². The summed E-state index contributed by atoms with van der Waals surface area (Å²) in [5.74, 6) is -0.615. The number of imide groups is 1. The minimum atomic E-state index is -4.08. The van der Waals surface area contributed by atoms with Crippen molar-refractivity contribution >= 4 is 62.0 Å². The van der Waals surface area contributed by atoms with Gasteiger partial charge in [0.05, 0.1) is 28.4 Å². The maximum Gasteiger partial charge on any atom is 0.289 e. The van der Waals surface area contributed by atoms with Crippen LogP contribution in [0.1, 0.15) is 6.42 Å². The smallest absolute Gasteiger partial charge is 0.289 e. The molecule has 2 fully saturated rings. The molecule has 27 heavy (non-hydrogen) atoms. The number of likely N-dealkylation sites (tertiary alicyclic amines) is 1. The highest BCUT2D eigenvalue weighted by Gasteiger charge is 2.40. The molecule has 2 aliphatic rings. The highest BCUT2D eigenvalue weighted by molar-refractivity contribution is 8.14. The Morgan fingerprint density at radius 2 is 1.93 bits per heavy atom. The van der Waals surface area contributed by atoms with E-state index in [-0.39, 0.29) is 44.4 Å². The second kappa shape index (κ2) is 7.96. The van der Waals surface area contributed by atoms with Crippen molar-refractivity contribution in [2.24, 2.45) is 0 Å². The van der Waals surface area contributed by atoms with Crippen molar-refractivity contribution in [3.05, 3.63) is 28.2 Å². The van der Waals surface area contributed by atoms with E-state index < -0.39 is 22.5 Å². The Labute approximate surface area is 170 Å². The second-order valence-electron chi connectivity index (χ2n) is 5.98. The maximum absolute atomic E-state index is 12.4. The number of benzene rings is 1. The lowest BCUT2D eigenvalue weighted by Gasteiger charge is -2.22. The van der Waals surface area contributed by atoms with E-state index in [1.807, 2.05) is 0 Å². The van der Waals surface area contributed by atoms with Crippen molar-refractivity contribution in [1.29, 1.82) is 0 Å². The Kier molecular flexibility index (Phi) is 6.02. The molecule has 0 saturated carbocycles. The summed E-state index contributed by atoms with van der Waals surface area (Å²) >= 11 is 12.8. The van der Waals surface area contributed by atoms with E-state index >= 15 is 0 Å². The molecule has 2 saturated heterocycles. The van der Waals surface area contributed by atoms with Gasteiger partial charge < -0.3 is 4.90 Å². The lowest BCUT2D eigenvalue weighted by molar-refractivity contribution is -0.130. The summed E-state index contributed by atoms with van der Waals surface area (Å²) in [5, 5.41) is -0.409. The summed E-state index contributed by atoms with van der Waals surface area (Å²) in [6.45, 7) is 0.0402. The zero-order valence-corrected chi connectivity index (χ0v) is 17.0. The lowest BCUT2D eigenvalue weighted by Crippen LogP contribution is -2.43. The minimum absolute atomic E-state index is 0.0488. The van der Waals surface area contributed by atoms with Gasteiger partial charge in [0.15, 0.2) is 0 Å². The molecule has 1 N–H and O–H groups in total. The maximum atomic E-state index is 12.4. The van der Waals surface area contributed by atoms with Gasteiger partial charge >= 0.3 is 0 Å². The quantitative estimate of drug-likeness (QED) is 0.728. The third-order valence-electron chi connectivity index (χ3n) is 4.27. The molecule has 8 nitrogen and oxygen atoms in total. The summed E-state index contributed by atoms with van der Waals surface area (Å²) in [5.41, 5.74) is 0. The number of hydrogen-bond donors (Lipinski definition) is 1. The molecule has 0 bridgehead atoms. The van der Waals surface area contributed by atoms with Gasteiger partial charge in [0.2, 0.25) is 21.8 Å². The zero-order chi connectivity index (χ0) is 19.8. The van der Waals surface area contributed by atoms with Crippen LogP contribution in [-0.4, -0.2) is 66.7 Å². The largest absolute Gasteiger partial charge is 0.339 e. The Morgan fingerprint density at radius 3 is 2.52 bits per heavy atom. The minimum Gasteiger partial charge on any atom is -0.339 e. The Bertz CT molecular complexity index is 872. The standard InChI is InChI=1S/C15H15Cl2N3O5S2/c16-10-2-1-3-11(17)14(10)27(24,25)18-6-12(21)19-5-4-9(7-19)20-13(22)8-26-15(20)23/h1-3,9,18H,4-8H2. The van der Waals surface area contributed by atoms with Crippen LogP contribution < -0.4 is 4.72 Å². The number of carbonyl (C=O) groups excluding carboxylic acids is 3. The molecule has 12 heteroatoms. The van der Waals surface area contributed by atoms with Gasteiger partial charge in [0.25, 0.3) is 5.24 Å².